The van der Waals surface area contributed by atoms with Gasteiger partial charge in [-0.05, 0) is 84.4 Å². The smallest absolute Gasteiger partial charge is 0.298 e. The Morgan fingerprint density at radius 1 is 0.886 bits per heavy atom. The van der Waals surface area contributed by atoms with Crippen molar-refractivity contribution in [3.8, 4) is 11.5 Å². The maximum absolute atomic E-state index is 13.0. The van der Waals surface area contributed by atoms with Crippen LogP contribution in [0, 0.1) is 0 Å². The SMILES string of the molecule is CCOc1cc(/C=C2/SC(=O)N(c3ccc(Cl)cc3)C2=O)cc(Cl)c1OCc1ccc(Cl)c(Cl)c1. The lowest BCUT2D eigenvalue weighted by atomic mass is 10.1. The normalized spacial score (nSPS) is 14.7. The quantitative estimate of drug-likeness (QED) is 0.267. The first-order valence-corrected chi connectivity index (χ1v) is 12.7. The lowest BCUT2D eigenvalue weighted by molar-refractivity contribution is -0.113. The third kappa shape index (κ3) is 5.90. The molecule has 1 heterocycles. The number of carbonyl (C=O) groups excluding carboxylic acids is 2. The van der Waals surface area contributed by atoms with Crippen LogP contribution < -0.4 is 14.4 Å². The molecule has 35 heavy (non-hydrogen) atoms. The Morgan fingerprint density at radius 2 is 1.63 bits per heavy atom. The van der Waals surface area contributed by atoms with Gasteiger partial charge in [-0.1, -0.05) is 52.5 Å². The van der Waals surface area contributed by atoms with E-state index >= 15 is 0 Å². The molecule has 0 N–H and O–H groups in total. The summed E-state index contributed by atoms with van der Waals surface area (Å²) < 4.78 is 11.7. The van der Waals surface area contributed by atoms with E-state index in [-0.39, 0.29) is 11.5 Å². The van der Waals surface area contributed by atoms with Crippen LogP contribution in [0.1, 0.15) is 18.1 Å². The molecule has 3 aromatic rings. The fourth-order valence-electron chi connectivity index (χ4n) is 3.29. The third-order valence-electron chi connectivity index (χ3n) is 4.88. The Balaban J connectivity index is 1.59. The van der Waals surface area contributed by atoms with E-state index in [2.05, 4.69) is 0 Å². The number of hydrogen-bond acceptors (Lipinski definition) is 5. The number of amides is 2. The van der Waals surface area contributed by atoms with E-state index in [1.807, 2.05) is 6.92 Å². The number of halogens is 4. The van der Waals surface area contributed by atoms with Crippen LogP contribution in [0.5, 0.6) is 11.5 Å². The molecule has 1 fully saturated rings. The molecule has 2 amide bonds. The summed E-state index contributed by atoms with van der Waals surface area (Å²) in [6.07, 6.45) is 1.60. The summed E-state index contributed by atoms with van der Waals surface area (Å²) in [6, 6.07) is 15.0. The maximum Gasteiger partial charge on any atom is 0.298 e. The molecule has 1 saturated heterocycles. The number of anilines is 1. The Hall–Kier alpha value is -2.35. The van der Waals surface area contributed by atoms with Crippen molar-refractivity contribution < 1.29 is 19.1 Å². The van der Waals surface area contributed by atoms with E-state index in [0.29, 0.717) is 49.4 Å². The number of carbonyl (C=O) groups is 2. The van der Waals surface area contributed by atoms with Crippen LogP contribution in [-0.4, -0.2) is 17.8 Å². The predicted molar refractivity (Wildman–Crippen MR) is 143 cm³/mol. The van der Waals surface area contributed by atoms with Crippen LogP contribution in [0.25, 0.3) is 6.08 Å². The number of hydrogen-bond donors (Lipinski definition) is 0. The van der Waals surface area contributed by atoms with Crippen molar-refractivity contribution in [2.24, 2.45) is 0 Å². The summed E-state index contributed by atoms with van der Waals surface area (Å²) in [6.45, 7) is 2.40. The van der Waals surface area contributed by atoms with Gasteiger partial charge < -0.3 is 9.47 Å². The number of nitrogens with zero attached hydrogens (tertiary/aromatic N) is 1. The fourth-order valence-corrected chi connectivity index (χ4v) is 4.85. The molecule has 5 nitrogen and oxygen atoms in total. The molecule has 0 radical (unpaired) electrons. The zero-order valence-corrected chi connectivity index (χ0v) is 22.0. The Bertz CT molecular complexity index is 1330. The predicted octanol–water partition coefficient (Wildman–Crippen LogP) is 8.52. The molecule has 0 bridgehead atoms. The van der Waals surface area contributed by atoms with Crippen LogP contribution in [0.15, 0.2) is 59.5 Å². The van der Waals surface area contributed by atoms with Gasteiger partial charge in [-0.3, -0.25) is 9.59 Å². The van der Waals surface area contributed by atoms with Crippen LogP contribution in [0.4, 0.5) is 10.5 Å². The first-order chi connectivity index (χ1) is 16.8. The molecule has 3 aromatic carbocycles. The highest BCUT2D eigenvalue weighted by Gasteiger charge is 2.36. The van der Waals surface area contributed by atoms with Gasteiger partial charge in [0.2, 0.25) is 0 Å². The van der Waals surface area contributed by atoms with Crippen LogP contribution >= 0.6 is 58.2 Å². The molecule has 0 aliphatic carbocycles. The lowest BCUT2D eigenvalue weighted by Gasteiger charge is -2.15. The monoisotopic (exact) mass is 567 g/mol. The molecular weight excluding hydrogens is 552 g/mol. The van der Waals surface area contributed by atoms with Gasteiger partial charge in [-0.15, -0.1) is 0 Å². The lowest BCUT2D eigenvalue weighted by Crippen LogP contribution is -2.27. The second-order valence-electron chi connectivity index (χ2n) is 7.29. The Morgan fingerprint density at radius 3 is 2.31 bits per heavy atom. The highest BCUT2D eigenvalue weighted by atomic mass is 35.5. The van der Waals surface area contributed by atoms with E-state index in [1.54, 1.807) is 60.7 Å². The molecule has 180 valence electrons. The summed E-state index contributed by atoms with van der Waals surface area (Å²) in [5.41, 5.74) is 1.83. The van der Waals surface area contributed by atoms with Gasteiger partial charge in [-0.2, -0.15) is 0 Å². The van der Waals surface area contributed by atoms with Gasteiger partial charge in [0.1, 0.15) is 6.61 Å². The second-order valence-corrected chi connectivity index (χ2v) is 9.94. The highest BCUT2D eigenvalue weighted by Crippen LogP contribution is 2.40. The molecule has 4 rings (SSSR count). The topological polar surface area (TPSA) is 55.8 Å². The molecule has 1 aliphatic heterocycles. The van der Waals surface area contributed by atoms with Gasteiger partial charge in [0.15, 0.2) is 11.5 Å². The zero-order valence-electron chi connectivity index (χ0n) is 18.2. The van der Waals surface area contributed by atoms with Crippen LogP contribution in [-0.2, 0) is 11.4 Å². The largest absolute Gasteiger partial charge is 0.490 e. The molecule has 0 atom stereocenters. The van der Waals surface area contributed by atoms with Crippen molar-refractivity contribution in [1.29, 1.82) is 0 Å². The van der Waals surface area contributed by atoms with E-state index in [0.717, 1.165) is 22.2 Å². The van der Waals surface area contributed by atoms with Gasteiger partial charge >= 0.3 is 0 Å². The fraction of sp³-hybridized carbons (Fsp3) is 0.120. The maximum atomic E-state index is 13.0. The van der Waals surface area contributed by atoms with E-state index < -0.39 is 11.1 Å². The van der Waals surface area contributed by atoms with Gasteiger partial charge in [-0.25, -0.2) is 4.90 Å². The molecule has 0 aromatic heterocycles. The van der Waals surface area contributed by atoms with Gasteiger partial charge in [0.05, 0.1) is 32.3 Å². The minimum atomic E-state index is -0.434. The molecule has 0 spiro atoms. The van der Waals surface area contributed by atoms with E-state index in [9.17, 15) is 9.59 Å². The molecule has 0 saturated carbocycles. The average Bonchev–Trinajstić information content (AvgIpc) is 3.09. The summed E-state index contributed by atoms with van der Waals surface area (Å²) in [4.78, 5) is 26.8. The standard InChI is InChI=1S/C25H17Cl4NO4S/c1-2-33-21-11-15(10-20(29)23(21)34-13-14-3-8-18(27)19(28)9-14)12-22-24(31)30(25(32)35-22)17-6-4-16(26)5-7-17/h3-12H,2,13H2,1H3/b22-12+. The van der Waals surface area contributed by atoms with Crippen molar-refractivity contribution >= 4 is 81.1 Å². The van der Waals surface area contributed by atoms with Crippen molar-refractivity contribution in [3.63, 3.8) is 0 Å². The summed E-state index contributed by atoms with van der Waals surface area (Å²) in [5.74, 6) is 0.325. The number of thioether (sulfide) groups is 1. The Kier molecular flexibility index (Phi) is 8.19. The second kappa shape index (κ2) is 11.1. The van der Waals surface area contributed by atoms with Gasteiger partial charge in [0.25, 0.3) is 11.1 Å². The van der Waals surface area contributed by atoms with Crippen molar-refractivity contribution in [1.82, 2.24) is 0 Å². The minimum absolute atomic E-state index is 0.190. The molecular formula is C25H17Cl4NO4S. The highest BCUT2D eigenvalue weighted by molar-refractivity contribution is 8.19. The molecule has 1 aliphatic rings. The summed E-state index contributed by atoms with van der Waals surface area (Å²) in [5, 5.41) is 1.27. The first-order valence-electron chi connectivity index (χ1n) is 10.3. The Labute approximate surface area is 226 Å². The zero-order chi connectivity index (χ0) is 25.1. The van der Waals surface area contributed by atoms with Crippen LogP contribution in [0.3, 0.4) is 0 Å². The average molecular weight is 569 g/mol. The minimum Gasteiger partial charge on any atom is -0.490 e. The van der Waals surface area contributed by atoms with Crippen molar-refractivity contribution in [2.45, 2.75) is 13.5 Å². The number of ether oxygens (including phenoxy) is 2. The number of rotatable bonds is 7. The third-order valence-corrected chi connectivity index (χ3v) is 7.02. The van der Waals surface area contributed by atoms with Crippen LogP contribution in [0.2, 0.25) is 20.1 Å². The van der Waals surface area contributed by atoms with E-state index in [1.165, 1.54) is 0 Å². The number of benzene rings is 3. The van der Waals surface area contributed by atoms with E-state index in [4.69, 9.17) is 55.9 Å². The first kappa shape index (κ1) is 25.7. The molecule has 0 unspecified atom stereocenters. The summed E-state index contributed by atoms with van der Waals surface area (Å²) >= 11 is 25.3. The van der Waals surface area contributed by atoms with Crippen molar-refractivity contribution in [3.05, 3.63) is 90.7 Å². The summed E-state index contributed by atoms with van der Waals surface area (Å²) in [7, 11) is 0. The van der Waals surface area contributed by atoms with Gasteiger partial charge in [0, 0.05) is 5.02 Å². The number of imide groups is 1. The molecule has 10 heteroatoms. The van der Waals surface area contributed by atoms with Crippen molar-refractivity contribution in [2.75, 3.05) is 11.5 Å².